The molecule has 6 heteroatoms. The van der Waals surface area contributed by atoms with Crippen LogP contribution in [-0.2, 0) is 14.3 Å². The van der Waals surface area contributed by atoms with E-state index in [1.807, 2.05) is 0 Å². The van der Waals surface area contributed by atoms with Crippen molar-refractivity contribution in [3.05, 3.63) is 0 Å². The molecule has 1 aliphatic rings. The molecule has 0 N–H and O–H groups in total. The highest BCUT2D eigenvalue weighted by Crippen LogP contribution is 2.19. The summed E-state index contributed by atoms with van der Waals surface area (Å²) in [5.41, 5.74) is 0. The first-order valence-corrected chi connectivity index (χ1v) is 4.81. The van der Waals surface area contributed by atoms with E-state index in [1.54, 1.807) is 0 Å². The van der Waals surface area contributed by atoms with Crippen LogP contribution >= 0.6 is 0 Å². The van der Waals surface area contributed by atoms with Crippen molar-refractivity contribution in [2.45, 2.75) is 38.1 Å². The lowest BCUT2D eigenvalue weighted by Crippen LogP contribution is -2.24. The van der Waals surface area contributed by atoms with Crippen LogP contribution in [0, 0.1) is 0 Å². The third-order valence-corrected chi connectivity index (χ3v) is 2.19. The van der Waals surface area contributed by atoms with Crippen molar-refractivity contribution in [3.8, 4) is 0 Å². The molecule has 0 aromatic rings. The van der Waals surface area contributed by atoms with Crippen LogP contribution in [0.3, 0.4) is 0 Å². The Morgan fingerprint density at radius 3 is 2.33 bits per heavy atom. The summed E-state index contributed by atoms with van der Waals surface area (Å²) in [6.07, 6.45) is -2.56. The molecule has 0 aromatic carbocycles. The standard InChI is InChI=1S/C9H13F3O3/c10-9(11,12)15-6-5-14-8-3-1-7(13)2-4-8/h8H,1-6H2. The van der Waals surface area contributed by atoms with Gasteiger partial charge in [-0.1, -0.05) is 0 Å². The number of carbonyl (C=O) groups is 1. The molecule has 0 spiro atoms. The Bertz CT molecular complexity index is 205. The first-order chi connectivity index (χ1) is 6.97. The third-order valence-electron chi connectivity index (χ3n) is 2.19. The van der Waals surface area contributed by atoms with E-state index >= 15 is 0 Å². The Kier molecular flexibility index (Phi) is 4.53. The Labute approximate surface area is 85.5 Å². The molecule has 3 nitrogen and oxygen atoms in total. The molecule has 1 saturated carbocycles. The van der Waals surface area contributed by atoms with E-state index in [2.05, 4.69) is 4.74 Å². The lowest BCUT2D eigenvalue weighted by atomic mass is 9.97. The summed E-state index contributed by atoms with van der Waals surface area (Å²) in [4.78, 5) is 10.8. The molecule has 0 atom stereocenters. The summed E-state index contributed by atoms with van der Waals surface area (Å²) in [7, 11) is 0. The maximum atomic E-state index is 11.6. The zero-order chi connectivity index (χ0) is 11.3. The number of rotatable bonds is 4. The van der Waals surface area contributed by atoms with Gasteiger partial charge >= 0.3 is 6.36 Å². The minimum Gasteiger partial charge on any atom is -0.376 e. The highest BCUT2D eigenvalue weighted by atomic mass is 19.4. The molecular formula is C9H13F3O3. The van der Waals surface area contributed by atoms with Crippen molar-refractivity contribution in [2.75, 3.05) is 13.2 Å². The summed E-state index contributed by atoms with van der Waals surface area (Å²) in [5, 5.41) is 0. The summed E-state index contributed by atoms with van der Waals surface area (Å²) >= 11 is 0. The van der Waals surface area contributed by atoms with Gasteiger partial charge in [0.25, 0.3) is 0 Å². The minimum atomic E-state index is -4.59. The quantitative estimate of drug-likeness (QED) is 0.688. The maximum absolute atomic E-state index is 11.6. The number of Topliss-reactive ketones (excluding diaryl/α,β-unsaturated/α-hetero) is 1. The van der Waals surface area contributed by atoms with Crippen molar-refractivity contribution in [2.24, 2.45) is 0 Å². The number of hydrogen-bond donors (Lipinski definition) is 0. The zero-order valence-corrected chi connectivity index (χ0v) is 8.18. The molecule has 0 radical (unpaired) electrons. The Morgan fingerprint density at radius 2 is 1.80 bits per heavy atom. The van der Waals surface area contributed by atoms with Crippen LogP contribution in [0.5, 0.6) is 0 Å². The highest BCUT2D eigenvalue weighted by molar-refractivity contribution is 5.79. The van der Waals surface area contributed by atoms with Crippen LogP contribution < -0.4 is 0 Å². The fraction of sp³-hybridized carbons (Fsp3) is 0.889. The fourth-order valence-electron chi connectivity index (χ4n) is 1.45. The third kappa shape index (κ3) is 5.74. The largest absolute Gasteiger partial charge is 0.522 e. The molecule has 88 valence electrons. The molecule has 1 fully saturated rings. The second kappa shape index (κ2) is 5.46. The number of hydrogen-bond acceptors (Lipinski definition) is 3. The molecule has 0 aromatic heterocycles. The van der Waals surface area contributed by atoms with Crippen LogP contribution in [-0.4, -0.2) is 31.5 Å². The number of alkyl halides is 3. The Hall–Kier alpha value is -0.620. The highest BCUT2D eigenvalue weighted by Gasteiger charge is 2.28. The van der Waals surface area contributed by atoms with Crippen molar-refractivity contribution in [1.29, 1.82) is 0 Å². The summed E-state index contributed by atoms with van der Waals surface area (Å²) < 4.78 is 43.3. The van der Waals surface area contributed by atoms with Crippen molar-refractivity contribution >= 4 is 5.78 Å². The smallest absolute Gasteiger partial charge is 0.376 e. The molecule has 0 bridgehead atoms. The first-order valence-electron chi connectivity index (χ1n) is 4.81. The van der Waals surface area contributed by atoms with Crippen molar-refractivity contribution in [3.63, 3.8) is 0 Å². The van der Waals surface area contributed by atoms with Gasteiger partial charge in [-0.15, -0.1) is 13.2 Å². The molecule has 0 heterocycles. The van der Waals surface area contributed by atoms with E-state index in [0.717, 1.165) is 0 Å². The van der Waals surface area contributed by atoms with Crippen LogP contribution in [0.1, 0.15) is 25.7 Å². The summed E-state index contributed by atoms with van der Waals surface area (Å²) in [6, 6.07) is 0. The number of carbonyl (C=O) groups excluding carboxylic acids is 1. The van der Waals surface area contributed by atoms with E-state index in [1.165, 1.54) is 0 Å². The first kappa shape index (κ1) is 12.4. The van der Waals surface area contributed by atoms with Gasteiger partial charge in [-0.25, -0.2) is 0 Å². The van der Waals surface area contributed by atoms with Crippen LogP contribution in [0.25, 0.3) is 0 Å². The second-order valence-electron chi connectivity index (χ2n) is 3.40. The van der Waals surface area contributed by atoms with Crippen LogP contribution in [0.2, 0.25) is 0 Å². The predicted molar refractivity (Wildman–Crippen MR) is 45.2 cm³/mol. The monoisotopic (exact) mass is 226 g/mol. The molecule has 0 aliphatic heterocycles. The van der Waals surface area contributed by atoms with E-state index in [0.29, 0.717) is 25.7 Å². The SMILES string of the molecule is O=C1CCC(OCCOC(F)(F)F)CC1. The van der Waals surface area contributed by atoms with E-state index < -0.39 is 13.0 Å². The maximum Gasteiger partial charge on any atom is 0.522 e. The molecule has 0 unspecified atom stereocenters. The summed E-state index contributed by atoms with van der Waals surface area (Å²) in [5.74, 6) is 0.196. The average Bonchev–Trinajstić information content (AvgIpc) is 2.14. The van der Waals surface area contributed by atoms with Gasteiger partial charge in [-0.3, -0.25) is 9.53 Å². The van der Waals surface area contributed by atoms with Gasteiger partial charge in [0.2, 0.25) is 0 Å². The van der Waals surface area contributed by atoms with Gasteiger partial charge in [-0.2, -0.15) is 0 Å². The Balaban J connectivity index is 2.03. The lowest BCUT2D eigenvalue weighted by Gasteiger charge is -2.21. The normalized spacial score (nSPS) is 19.5. The molecule has 15 heavy (non-hydrogen) atoms. The van der Waals surface area contributed by atoms with Crippen molar-refractivity contribution < 1.29 is 27.4 Å². The molecule has 1 rings (SSSR count). The average molecular weight is 226 g/mol. The number of ketones is 1. The van der Waals surface area contributed by atoms with Gasteiger partial charge in [0, 0.05) is 12.8 Å². The van der Waals surface area contributed by atoms with E-state index in [9.17, 15) is 18.0 Å². The minimum absolute atomic E-state index is 0.0850. The zero-order valence-electron chi connectivity index (χ0n) is 8.18. The van der Waals surface area contributed by atoms with Gasteiger partial charge in [-0.05, 0) is 12.8 Å². The molecular weight excluding hydrogens is 213 g/mol. The lowest BCUT2D eigenvalue weighted by molar-refractivity contribution is -0.327. The molecule has 0 saturated heterocycles. The fourth-order valence-corrected chi connectivity index (χ4v) is 1.45. The Morgan fingerprint density at radius 1 is 1.20 bits per heavy atom. The van der Waals surface area contributed by atoms with Gasteiger partial charge in [0.05, 0.1) is 19.3 Å². The molecule has 1 aliphatic carbocycles. The van der Waals surface area contributed by atoms with Crippen LogP contribution in [0.4, 0.5) is 13.2 Å². The van der Waals surface area contributed by atoms with E-state index in [-0.39, 0.29) is 18.5 Å². The van der Waals surface area contributed by atoms with Gasteiger partial charge < -0.3 is 4.74 Å². The topological polar surface area (TPSA) is 35.5 Å². The van der Waals surface area contributed by atoms with Crippen LogP contribution in [0.15, 0.2) is 0 Å². The van der Waals surface area contributed by atoms with E-state index in [4.69, 9.17) is 4.74 Å². The molecule has 0 amide bonds. The van der Waals surface area contributed by atoms with Gasteiger partial charge in [0.1, 0.15) is 5.78 Å². The van der Waals surface area contributed by atoms with Crippen molar-refractivity contribution in [1.82, 2.24) is 0 Å². The summed E-state index contributed by atoms with van der Waals surface area (Å²) in [6.45, 7) is -0.577. The number of ether oxygens (including phenoxy) is 2. The predicted octanol–water partition coefficient (Wildman–Crippen LogP) is 2.05. The number of halogens is 3. The van der Waals surface area contributed by atoms with Gasteiger partial charge in [0.15, 0.2) is 0 Å². The second-order valence-corrected chi connectivity index (χ2v) is 3.40.